The van der Waals surface area contributed by atoms with Gasteiger partial charge in [0.05, 0.1) is 12.7 Å². The predicted octanol–water partition coefficient (Wildman–Crippen LogP) is -1.16. The number of aliphatic hydroxyl groups is 3. The predicted molar refractivity (Wildman–Crippen MR) is 33.2 cm³/mol. The Labute approximate surface area is 59.1 Å². The van der Waals surface area contributed by atoms with Crippen molar-refractivity contribution < 1.29 is 20.1 Å². The molecule has 1 saturated heterocycles. The fraction of sp³-hybridized carbons (Fsp3) is 1.00. The van der Waals surface area contributed by atoms with Gasteiger partial charge < -0.3 is 20.1 Å². The molecule has 0 radical (unpaired) electrons. The molecule has 3 atom stereocenters. The maximum atomic E-state index is 8.93. The minimum absolute atomic E-state index is 0.0935. The topological polar surface area (TPSA) is 69.9 Å². The van der Waals surface area contributed by atoms with Crippen LogP contribution in [0.5, 0.6) is 0 Å². The molecule has 0 amide bonds. The van der Waals surface area contributed by atoms with Gasteiger partial charge in [-0.15, -0.1) is 0 Å². The molecular formula is C6H12O4. The molecule has 1 rings (SSSR count). The number of hydrogen-bond acceptors (Lipinski definition) is 4. The highest BCUT2D eigenvalue weighted by Crippen LogP contribution is 2.17. The van der Waals surface area contributed by atoms with E-state index in [4.69, 9.17) is 20.1 Å². The van der Waals surface area contributed by atoms with Crippen LogP contribution in [0.2, 0.25) is 0 Å². The zero-order valence-corrected chi connectivity index (χ0v) is 5.60. The van der Waals surface area contributed by atoms with Crippen LogP contribution in [0.3, 0.4) is 0 Å². The molecule has 0 bridgehead atoms. The molecule has 1 fully saturated rings. The van der Waals surface area contributed by atoms with Gasteiger partial charge in [0, 0.05) is 0 Å². The standard InChI is InChI=1S/C6H12O4/c7-3-4-1-2-5(8)6(9)10-4/h4-9H,1-3H2. The molecule has 0 saturated carbocycles. The molecule has 1 heterocycles. The molecule has 10 heavy (non-hydrogen) atoms. The molecule has 3 N–H and O–H groups in total. The van der Waals surface area contributed by atoms with Crippen LogP contribution in [0.4, 0.5) is 0 Å². The van der Waals surface area contributed by atoms with E-state index in [0.717, 1.165) is 0 Å². The molecule has 1 aliphatic heterocycles. The van der Waals surface area contributed by atoms with Gasteiger partial charge in [-0.05, 0) is 12.8 Å². The average Bonchev–Trinajstić information content (AvgIpc) is 1.95. The van der Waals surface area contributed by atoms with Crippen LogP contribution >= 0.6 is 0 Å². The van der Waals surface area contributed by atoms with Crippen molar-refractivity contribution in [3.8, 4) is 0 Å². The van der Waals surface area contributed by atoms with Crippen molar-refractivity contribution >= 4 is 0 Å². The monoisotopic (exact) mass is 148 g/mol. The first-order valence-corrected chi connectivity index (χ1v) is 3.36. The molecule has 0 spiro atoms. The SMILES string of the molecule is OCC1CCC(O)C(O)O1. The van der Waals surface area contributed by atoms with Gasteiger partial charge in [0.25, 0.3) is 0 Å². The minimum atomic E-state index is -1.12. The van der Waals surface area contributed by atoms with Crippen molar-refractivity contribution in [2.45, 2.75) is 31.3 Å². The van der Waals surface area contributed by atoms with Crippen LogP contribution in [0, 0.1) is 0 Å². The van der Waals surface area contributed by atoms with Crippen LogP contribution in [-0.4, -0.2) is 40.4 Å². The maximum absolute atomic E-state index is 8.93. The Kier molecular flexibility index (Phi) is 2.62. The first-order valence-electron chi connectivity index (χ1n) is 3.36. The molecular weight excluding hydrogens is 136 g/mol. The van der Waals surface area contributed by atoms with E-state index in [1.165, 1.54) is 0 Å². The largest absolute Gasteiger partial charge is 0.394 e. The zero-order valence-electron chi connectivity index (χ0n) is 5.60. The fourth-order valence-electron chi connectivity index (χ4n) is 0.989. The summed E-state index contributed by atoms with van der Waals surface area (Å²) in [4.78, 5) is 0. The lowest BCUT2D eigenvalue weighted by Crippen LogP contribution is -2.39. The summed E-state index contributed by atoms with van der Waals surface area (Å²) >= 11 is 0. The summed E-state index contributed by atoms with van der Waals surface area (Å²) in [5.41, 5.74) is 0. The first kappa shape index (κ1) is 7.94. The molecule has 4 nitrogen and oxygen atoms in total. The van der Waals surface area contributed by atoms with Crippen LogP contribution < -0.4 is 0 Å². The van der Waals surface area contributed by atoms with E-state index in [1.54, 1.807) is 0 Å². The lowest BCUT2D eigenvalue weighted by Gasteiger charge is -2.29. The highest BCUT2D eigenvalue weighted by Gasteiger charge is 2.27. The van der Waals surface area contributed by atoms with Crippen LogP contribution in [0.15, 0.2) is 0 Å². The van der Waals surface area contributed by atoms with Gasteiger partial charge in [0.15, 0.2) is 6.29 Å². The summed E-state index contributed by atoms with van der Waals surface area (Å²) in [5, 5.41) is 26.4. The van der Waals surface area contributed by atoms with Gasteiger partial charge in [-0.3, -0.25) is 0 Å². The van der Waals surface area contributed by atoms with Crippen molar-refractivity contribution in [2.24, 2.45) is 0 Å². The summed E-state index contributed by atoms with van der Waals surface area (Å²) in [6.45, 7) is -0.0935. The number of rotatable bonds is 1. The summed E-state index contributed by atoms with van der Waals surface area (Å²) in [5.74, 6) is 0. The lowest BCUT2D eigenvalue weighted by molar-refractivity contribution is -0.221. The van der Waals surface area contributed by atoms with Crippen LogP contribution in [-0.2, 0) is 4.74 Å². The van der Waals surface area contributed by atoms with Gasteiger partial charge in [0.1, 0.15) is 6.10 Å². The van der Waals surface area contributed by atoms with E-state index >= 15 is 0 Å². The van der Waals surface area contributed by atoms with E-state index in [0.29, 0.717) is 12.8 Å². The Morgan fingerprint density at radius 1 is 1.30 bits per heavy atom. The molecule has 3 unspecified atom stereocenters. The molecule has 0 aromatic carbocycles. The van der Waals surface area contributed by atoms with Crippen molar-refractivity contribution in [2.75, 3.05) is 6.61 Å². The molecule has 4 heteroatoms. The zero-order chi connectivity index (χ0) is 7.56. The van der Waals surface area contributed by atoms with Crippen molar-refractivity contribution in [1.29, 1.82) is 0 Å². The summed E-state index contributed by atoms with van der Waals surface area (Å²) in [7, 11) is 0. The summed E-state index contributed by atoms with van der Waals surface area (Å²) in [6.07, 6.45) is -1.12. The maximum Gasteiger partial charge on any atom is 0.181 e. The average molecular weight is 148 g/mol. The van der Waals surface area contributed by atoms with Crippen molar-refractivity contribution in [1.82, 2.24) is 0 Å². The minimum Gasteiger partial charge on any atom is -0.394 e. The molecule has 1 aliphatic rings. The Morgan fingerprint density at radius 2 is 2.00 bits per heavy atom. The Morgan fingerprint density at radius 3 is 2.50 bits per heavy atom. The van der Waals surface area contributed by atoms with Crippen molar-refractivity contribution in [3.05, 3.63) is 0 Å². The van der Waals surface area contributed by atoms with Gasteiger partial charge in [-0.1, -0.05) is 0 Å². The first-order chi connectivity index (χ1) is 4.74. The Balaban J connectivity index is 2.33. The van der Waals surface area contributed by atoms with E-state index in [-0.39, 0.29) is 12.7 Å². The normalized spacial score (nSPS) is 41.7. The van der Waals surface area contributed by atoms with E-state index in [2.05, 4.69) is 0 Å². The van der Waals surface area contributed by atoms with Crippen LogP contribution in [0.25, 0.3) is 0 Å². The second kappa shape index (κ2) is 3.30. The third kappa shape index (κ3) is 1.67. The summed E-state index contributed by atoms with van der Waals surface area (Å²) < 4.78 is 4.80. The van der Waals surface area contributed by atoms with E-state index in [1.807, 2.05) is 0 Å². The smallest absolute Gasteiger partial charge is 0.181 e. The Bertz CT molecular complexity index is 106. The molecule has 0 aromatic rings. The van der Waals surface area contributed by atoms with Crippen molar-refractivity contribution in [3.63, 3.8) is 0 Å². The third-order valence-corrected chi connectivity index (χ3v) is 1.65. The second-order valence-electron chi connectivity index (χ2n) is 2.48. The van der Waals surface area contributed by atoms with E-state index < -0.39 is 12.4 Å². The van der Waals surface area contributed by atoms with Crippen LogP contribution in [0.1, 0.15) is 12.8 Å². The molecule has 0 aliphatic carbocycles. The van der Waals surface area contributed by atoms with Gasteiger partial charge in [-0.25, -0.2) is 0 Å². The Hall–Kier alpha value is -0.160. The number of hydrogen-bond donors (Lipinski definition) is 3. The number of ether oxygens (including phenoxy) is 1. The molecule has 0 aromatic heterocycles. The molecule has 60 valence electrons. The fourth-order valence-corrected chi connectivity index (χ4v) is 0.989. The number of aliphatic hydroxyl groups excluding tert-OH is 3. The highest BCUT2D eigenvalue weighted by molar-refractivity contribution is 4.70. The highest BCUT2D eigenvalue weighted by atomic mass is 16.6. The quantitative estimate of drug-likeness (QED) is 0.438. The van der Waals surface area contributed by atoms with E-state index in [9.17, 15) is 0 Å². The van der Waals surface area contributed by atoms with Gasteiger partial charge in [-0.2, -0.15) is 0 Å². The second-order valence-corrected chi connectivity index (χ2v) is 2.48. The third-order valence-electron chi connectivity index (χ3n) is 1.65. The van der Waals surface area contributed by atoms with Gasteiger partial charge in [0.2, 0.25) is 0 Å². The summed E-state index contributed by atoms with van der Waals surface area (Å²) in [6, 6.07) is 0. The van der Waals surface area contributed by atoms with Gasteiger partial charge >= 0.3 is 0 Å². The lowest BCUT2D eigenvalue weighted by atomic mass is 10.1.